The first-order valence-electron chi connectivity index (χ1n) is 13.0. The Hall–Kier alpha value is -2.99. The summed E-state index contributed by atoms with van der Waals surface area (Å²) in [5.41, 5.74) is 2.32. The number of rotatable bonds is 10. The van der Waals surface area contributed by atoms with E-state index in [0.717, 1.165) is 55.4 Å². The zero-order valence-electron chi connectivity index (χ0n) is 20.9. The number of unbranched alkanes of at least 4 members (excludes halogenated alkanes) is 1. The topological polar surface area (TPSA) is 49.4 Å². The van der Waals surface area contributed by atoms with Gasteiger partial charge in [-0.25, -0.2) is 4.39 Å². The van der Waals surface area contributed by atoms with Crippen LogP contribution in [0.15, 0.2) is 66.0 Å². The molecule has 36 heavy (non-hydrogen) atoms. The van der Waals surface area contributed by atoms with Crippen molar-refractivity contribution in [2.75, 3.05) is 4.90 Å². The van der Waals surface area contributed by atoms with Gasteiger partial charge in [0.15, 0.2) is 0 Å². The van der Waals surface area contributed by atoms with Crippen molar-refractivity contribution in [3.63, 3.8) is 0 Å². The van der Waals surface area contributed by atoms with Crippen molar-refractivity contribution in [3.05, 3.63) is 87.9 Å². The number of nitrogens with one attached hydrogen (secondary N) is 1. The van der Waals surface area contributed by atoms with E-state index in [9.17, 15) is 14.0 Å². The lowest BCUT2D eigenvalue weighted by Crippen LogP contribution is -2.47. The van der Waals surface area contributed by atoms with Crippen molar-refractivity contribution in [2.45, 2.75) is 76.8 Å². The highest BCUT2D eigenvalue weighted by Gasteiger charge is 2.34. The Balaban J connectivity index is 1.72. The van der Waals surface area contributed by atoms with Crippen molar-refractivity contribution in [3.8, 4) is 0 Å². The molecule has 0 radical (unpaired) electrons. The highest BCUT2D eigenvalue weighted by atomic mass is 32.1. The van der Waals surface area contributed by atoms with Gasteiger partial charge in [0, 0.05) is 16.6 Å². The van der Waals surface area contributed by atoms with Gasteiger partial charge in [-0.2, -0.15) is 0 Å². The Kier molecular flexibility index (Phi) is 9.29. The molecule has 1 aliphatic rings. The number of anilines is 1. The first-order chi connectivity index (χ1) is 17.5. The Morgan fingerprint density at radius 1 is 1.06 bits per heavy atom. The van der Waals surface area contributed by atoms with E-state index in [2.05, 4.69) is 12.2 Å². The van der Waals surface area contributed by atoms with Crippen LogP contribution in [0.3, 0.4) is 0 Å². The highest BCUT2D eigenvalue weighted by molar-refractivity contribution is 7.10. The Labute approximate surface area is 217 Å². The number of thiophene rings is 1. The lowest BCUT2D eigenvalue weighted by molar-refractivity contribution is -0.127. The molecule has 3 aromatic rings. The third kappa shape index (κ3) is 6.82. The molecule has 1 aliphatic carbocycles. The molecule has 4 rings (SSSR count). The predicted octanol–water partition coefficient (Wildman–Crippen LogP) is 7.00. The van der Waals surface area contributed by atoms with E-state index in [1.165, 1.54) is 40.4 Å². The van der Waals surface area contributed by atoms with Crippen LogP contribution in [0.25, 0.3) is 0 Å². The van der Waals surface area contributed by atoms with E-state index < -0.39 is 11.9 Å². The van der Waals surface area contributed by atoms with Crippen LogP contribution in [0.4, 0.5) is 10.1 Å². The minimum atomic E-state index is -0.888. The largest absolute Gasteiger partial charge is 0.351 e. The maximum Gasteiger partial charge on any atom is 0.248 e. The van der Waals surface area contributed by atoms with Crippen molar-refractivity contribution in [1.29, 1.82) is 0 Å². The van der Waals surface area contributed by atoms with Gasteiger partial charge in [0.05, 0.1) is 6.42 Å². The average molecular weight is 507 g/mol. The maximum absolute atomic E-state index is 14.3. The Morgan fingerprint density at radius 2 is 1.83 bits per heavy atom. The number of benzene rings is 2. The molecule has 0 bridgehead atoms. The summed E-state index contributed by atoms with van der Waals surface area (Å²) in [5.74, 6) is -0.892. The van der Waals surface area contributed by atoms with Crippen molar-refractivity contribution >= 4 is 28.8 Å². The van der Waals surface area contributed by atoms with E-state index in [0.29, 0.717) is 5.69 Å². The van der Waals surface area contributed by atoms with Crippen molar-refractivity contribution in [2.24, 2.45) is 0 Å². The standard InChI is InChI=1S/C30H35FN2O2S/c1-2-3-9-22-15-17-23(18-16-22)29(30(35)32-25-11-5-4-6-12-25)33(26-13-7-10-24(31)20-26)28(34)21-27-14-8-19-36-27/h7-8,10,13-20,25,29H,2-6,9,11-12,21H2,1H3,(H,32,35). The molecule has 2 aromatic carbocycles. The first kappa shape index (κ1) is 26.1. The normalized spacial score (nSPS) is 14.8. The summed E-state index contributed by atoms with van der Waals surface area (Å²) >= 11 is 1.50. The number of halogens is 1. The Bertz CT molecular complexity index is 1120. The van der Waals surface area contributed by atoms with Crippen LogP contribution in [0, 0.1) is 5.82 Å². The van der Waals surface area contributed by atoms with Crippen LogP contribution < -0.4 is 10.2 Å². The van der Waals surface area contributed by atoms with E-state index in [1.54, 1.807) is 12.1 Å². The number of hydrogen-bond acceptors (Lipinski definition) is 3. The summed E-state index contributed by atoms with van der Waals surface area (Å²) in [6.45, 7) is 2.16. The van der Waals surface area contributed by atoms with Crippen LogP contribution in [-0.4, -0.2) is 17.9 Å². The second-order valence-electron chi connectivity index (χ2n) is 9.59. The molecule has 6 heteroatoms. The monoisotopic (exact) mass is 506 g/mol. The van der Waals surface area contributed by atoms with Gasteiger partial charge >= 0.3 is 0 Å². The van der Waals surface area contributed by atoms with E-state index in [1.807, 2.05) is 41.8 Å². The van der Waals surface area contributed by atoms with Gasteiger partial charge in [-0.05, 0) is 66.5 Å². The summed E-state index contributed by atoms with van der Waals surface area (Å²) in [4.78, 5) is 30.0. The summed E-state index contributed by atoms with van der Waals surface area (Å²) < 4.78 is 14.3. The smallest absolute Gasteiger partial charge is 0.248 e. The number of aryl methyl sites for hydroxylation is 1. The Morgan fingerprint density at radius 3 is 2.50 bits per heavy atom. The summed E-state index contributed by atoms with van der Waals surface area (Å²) in [5, 5.41) is 5.15. The summed E-state index contributed by atoms with van der Waals surface area (Å²) in [6.07, 6.45) is 8.58. The number of amides is 2. The van der Waals surface area contributed by atoms with Gasteiger partial charge < -0.3 is 5.32 Å². The fraction of sp³-hybridized carbons (Fsp3) is 0.400. The van der Waals surface area contributed by atoms with Crippen LogP contribution in [0.1, 0.15) is 73.9 Å². The molecule has 1 aromatic heterocycles. The SMILES string of the molecule is CCCCc1ccc(C(C(=O)NC2CCCCC2)N(C(=O)Cc2cccs2)c2cccc(F)c2)cc1. The highest BCUT2D eigenvalue weighted by Crippen LogP contribution is 2.31. The second-order valence-corrected chi connectivity index (χ2v) is 10.6. The predicted molar refractivity (Wildman–Crippen MR) is 145 cm³/mol. The van der Waals surface area contributed by atoms with Crippen LogP contribution in [-0.2, 0) is 22.4 Å². The molecular weight excluding hydrogens is 471 g/mol. The second kappa shape index (κ2) is 12.8. The summed E-state index contributed by atoms with van der Waals surface area (Å²) in [6, 6.07) is 17.0. The number of carbonyl (C=O) groups is 2. The van der Waals surface area contributed by atoms with Crippen molar-refractivity contribution < 1.29 is 14.0 Å². The van der Waals surface area contributed by atoms with Gasteiger partial charge in [0.25, 0.3) is 0 Å². The molecule has 1 fully saturated rings. The average Bonchev–Trinajstić information content (AvgIpc) is 3.40. The molecule has 190 valence electrons. The van der Waals surface area contributed by atoms with E-state index in [-0.39, 0.29) is 24.3 Å². The molecule has 2 amide bonds. The minimum Gasteiger partial charge on any atom is -0.351 e. The molecule has 1 heterocycles. The number of carbonyl (C=O) groups excluding carboxylic acids is 2. The summed E-state index contributed by atoms with van der Waals surface area (Å²) in [7, 11) is 0. The molecule has 1 atom stereocenters. The lowest BCUT2D eigenvalue weighted by atomic mass is 9.94. The fourth-order valence-electron chi connectivity index (χ4n) is 4.90. The minimum absolute atomic E-state index is 0.0966. The molecular formula is C30H35FN2O2S. The van der Waals surface area contributed by atoms with Crippen LogP contribution in [0.5, 0.6) is 0 Å². The zero-order chi connectivity index (χ0) is 25.3. The van der Waals surface area contributed by atoms with Gasteiger partial charge in [0.2, 0.25) is 11.8 Å². The first-order valence-corrected chi connectivity index (χ1v) is 13.9. The lowest BCUT2D eigenvalue weighted by Gasteiger charge is -2.33. The fourth-order valence-corrected chi connectivity index (χ4v) is 5.60. The van der Waals surface area contributed by atoms with Gasteiger partial charge in [-0.15, -0.1) is 11.3 Å². The third-order valence-corrected chi connectivity index (χ3v) is 7.71. The number of nitrogens with zero attached hydrogens (tertiary/aromatic N) is 1. The molecule has 0 spiro atoms. The molecule has 1 N–H and O–H groups in total. The van der Waals surface area contributed by atoms with E-state index in [4.69, 9.17) is 0 Å². The zero-order valence-corrected chi connectivity index (χ0v) is 21.7. The maximum atomic E-state index is 14.3. The molecule has 0 aliphatic heterocycles. The van der Waals surface area contributed by atoms with Gasteiger partial charge in [-0.1, -0.05) is 69.0 Å². The van der Waals surface area contributed by atoms with Gasteiger partial charge in [-0.3, -0.25) is 14.5 Å². The molecule has 1 saturated carbocycles. The van der Waals surface area contributed by atoms with Crippen LogP contribution >= 0.6 is 11.3 Å². The van der Waals surface area contributed by atoms with Crippen LogP contribution in [0.2, 0.25) is 0 Å². The molecule has 0 saturated heterocycles. The third-order valence-electron chi connectivity index (χ3n) is 6.83. The molecule has 1 unspecified atom stereocenters. The quantitative estimate of drug-likeness (QED) is 0.322. The molecule has 4 nitrogen and oxygen atoms in total. The van der Waals surface area contributed by atoms with Gasteiger partial charge in [0.1, 0.15) is 11.9 Å². The number of hydrogen-bond donors (Lipinski definition) is 1. The van der Waals surface area contributed by atoms with E-state index >= 15 is 0 Å². The van der Waals surface area contributed by atoms with Crippen molar-refractivity contribution in [1.82, 2.24) is 5.32 Å².